The number of piperazine rings is 1. The van der Waals surface area contributed by atoms with Gasteiger partial charge in [0.05, 0.1) is 25.1 Å². The van der Waals surface area contributed by atoms with Crippen molar-refractivity contribution in [3.63, 3.8) is 0 Å². The van der Waals surface area contributed by atoms with Crippen LogP contribution in [0.4, 0.5) is 0 Å². The average molecular weight is 388 g/mol. The number of likely N-dealkylation sites (N-methyl/N-ethyl adjacent to an activating group) is 1. The molecule has 3 heterocycles. The lowest BCUT2D eigenvalue weighted by Gasteiger charge is -2.32. The molecule has 2 saturated heterocycles. The monoisotopic (exact) mass is 388 g/mol. The van der Waals surface area contributed by atoms with Crippen molar-refractivity contribution in [2.45, 2.75) is 18.9 Å². The van der Waals surface area contributed by atoms with Crippen LogP contribution < -0.4 is 15.0 Å². The van der Waals surface area contributed by atoms with Gasteiger partial charge >= 0.3 is 0 Å². The van der Waals surface area contributed by atoms with E-state index in [2.05, 4.69) is 26.8 Å². The third-order valence-electron chi connectivity index (χ3n) is 5.42. The van der Waals surface area contributed by atoms with Crippen LogP contribution in [-0.2, 0) is 4.74 Å². The zero-order chi connectivity index (χ0) is 19.3. The summed E-state index contributed by atoms with van der Waals surface area (Å²) in [6, 6.07) is 3.63. The zero-order valence-electron chi connectivity index (χ0n) is 16.4. The molecular weight excluding hydrogens is 360 g/mol. The van der Waals surface area contributed by atoms with Crippen molar-refractivity contribution >= 4 is 10.9 Å². The highest BCUT2D eigenvalue weighted by atomic mass is 16.5. The van der Waals surface area contributed by atoms with E-state index < -0.39 is 0 Å². The quantitative estimate of drug-likeness (QED) is 0.794. The van der Waals surface area contributed by atoms with Crippen molar-refractivity contribution in [2.24, 2.45) is 0 Å². The standard InChI is InChI=1S/C20H28N4O4/c1-23-4-6-24(7-5-23)8-11-27-16-12-17-19(20(25)22-14-21-17)18(13-16)28-15-2-9-26-10-3-15/h12-15H,2-11H2,1H3,(H,21,22,25). The van der Waals surface area contributed by atoms with Crippen LogP contribution in [0, 0.1) is 0 Å². The molecule has 1 aromatic carbocycles. The van der Waals surface area contributed by atoms with E-state index in [1.54, 1.807) is 0 Å². The molecule has 0 amide bonds. The summed E-state index contributed by atoms with van der Waals surface area (Å²) < 4.78 is 17.6. The molecule has 0 saturated carbocycles. The molecule has 8 nitrogen and oxygen atoms in total. The van der Waals surface area contributed by atoms with E-state index in [1.165, 1.54) is 6.33 Å². The Morgan fingerprint density at radius 2 is 2.00 bits per heavy atom. The lowest BCUT2D eigenvalue weighted by atomic mass is 10.1. The van der Waals surface area contributed by atoms with Gasteiger partial charge in [0.25, 0.3) is 5.56 Å². The number of aromatic amines is 1. The van der Waals surface area contributed by atoms with Crippen molar-refractivity contribution in [2.75, 3.05) is 59.6 Å². The summed E-state index contributed by atoms with van der Waals surface area (Å²) in [6.45, 7) is 7.13. The zero-order valence-corrected chi connectivity index (χ0v) is 16.4. The molecule has 2 aliphatic rings. The lowest BCUT2D eigenvalue weighted by Crippen LogP contribution is -2.45. The highest BCUT2D eigenvalue weighted by Crippen LogP contribution is 2.30. The fraction of sp³-hybridized carbons (Fsp3) is 0.600. The van der Waals surface area contributed by atoms with E-state index in [-0.39, 0.29) is 11.7 Å². The van der Waals surface area contributed by atoms with Crippen molar-refractivity contribution in [1.82, 2.24) is 19.8 Å². The Bertz CT molecular complexity index is 842. The van der Waals surface area contributed by atoms with E-state index >= 15 is 0 Å². The molecule has 1 N–H and O–H groups in total. The number of H-pyrrole nitrogens is 1. The topological polar surface area (TPSA) is 79.9 Å². The lowest BCUT2D eigenvalue weighted by molar-refractivity contribution is 0.0260. The molecular formula is C20H28N4O4. The maximum Gasteiger partial charge on any atom is 0.262 e. The number of hydrogen-bond acceptors (Lipinski definition) is 7. The minimum atomic E-state index is -0.198. The van der Waals surface area contributed by atoms with Gasteiger partial charge in [-0.25, -0.2) is 4.98 Å². The Balaban J connectivity index is 1.47. The Kier molecular flexibility index (Phi) is 6.09. The van der Waals surface area contributed by atoms with Crippen molar-refractivity contribution in [3.8, 4) is 11.5 Å². The maximum absolute atomic E-state index is 12.3. The molecule has 152 valence electrons. The van der Waals surface area contributed by atoms with E-state index in [0.717, 1.165) is 45.6 Å². The second-order valence-electron chi connectivity index (χ2n) is 7.47. The number of benzene rings is 1. The van der Waals surface area contributed by atoms with Gasteiger partial charge in [0.1, 0.15) is 29.6 Å². The van der Waals surface area contributed by atoms with Crippen molar-refractivity contribution in [3.05, 3.63) is 28.8 Å². The van der Waals surface area contributed by atoms with Gasteiger partial charge in [-0.05, 0) is 7.05 Å². The van der Waals surface area contributed by atoms with Crippen LogP contribution in [0.15, 0.2) is 23.3 Å². The summed E-state index contributed by atoms with van der Waals surface area (Å²) in [5.74, 6) is 1.22. The number of aromatic nitrogens is 2. The smallest absolute Gasteiger partial charge is 0.262 e. The summed E-state index contributed by atoms with van der Waals surface area (Å²) >= 11 is 0. The van der Waals surface area contributed by atoms with E-state index in [0.29, 0.717) is 42.2 Å². The van der Waals surface area contributed by atoms with Gasteiger partial charge in [-0.2, -0.15) is 0 Å². The second kappa shape index (κ2) is 8.89. The first-order chi connectivity index (χ1) is 13.7. The van der Waals surface area contributed by atoms with Gasteiger partial charge < -0.3 is 24.1 Å². The Labute approximate surface area is 164 Å². The van der Waals surface area contributed by atoms with Crippen LogP contribution in [0.2, 0.25) is 0 Å². The molecule has 2 aliphatic heterocycles. The summed E-state index contributed by atoms with van der Waals surface area (Å²) in [5, 5.41) is 0.473. The largest absolute Gasteiger partial charge is 0.492 e. The Morgan fingerprint density at radius 3 is 2.79 bits per heavy atom. The van der Waals surface area contributed by atoms with Crippen molar-refractivity contribution in [1.29, 1.82) is 0 Å². The summed E-state index contributed by atoms with van der Waals surface area (Å²) in [5.41, 5.74) is 0.388. The number of rotatable bonds is 6. The molecule has 0 aliphatic carbocycles. The van der Waals surface area contributed by atoms with Crippen LogP contribution in [0.1, 0.15) is 12.8 Å². The van der Waals surface area contributed by atoms with E-state index in [4.69, 9.17) is 14.2 Å². The third-order valence-corrected chi connectivity index (χ3v) is 5.42. The number of nitrogens with one attached hydrogen (secondary N) is 1. The van der Waals surface area contributed by atoms with Crippen LogP contribution in [0.25, 0.3) is 10.9 Å². The van der Waals surface area contributed by atoms with Crippen LogP contribution in [0.3, 0.4) is 0 Å². The van der Waals surface area contributed by atoms with Gasteiger partial charge in [-0.3, -0.25) is 9.69 Å². The number of fused-ring (bicyclic) bond motifs is 1. The normalized spacial score (nSPS) is 19.8. The Hall–Kier alpha value is -2.16. The first-order valence-corrected chi connectivity index (χ1v) is 9.98. The number of nitrogens with zero attached hydrogens (tertiary/aromatic N) is 3. The first-order valence-electron chi connectivity index (χ1n) is 9.98. The highest BCUT2D eigenvalue weighted by Gasteiger charge is 2.19. The summed E-state index contributed by atoms with van der Waals surface area (Å²) in [4.78, 5) is 24.0. The molecule has 0 spiro atoms. The van der Waals surface area contributed by atoms with Crippen LogP contribution in [-0.4, -0.2) is 85.5 Å². The molecule has 8 heteroatoms. The first kappa shape index (κ1) is 19.2. The molecule has 1 aromatic heterocycles. The van der Waals surface area contributed by atoms with Crippen LogP contribution >= 0.6 is 0 Å². The predicted octanol–water partition coefficient (Wildman–Crippen LogP) is 1.11. The molecule has 28 heavy (non-hydrogen) atoms. The molecule has 2 fully saturated rings. The Morgan fingerprint density at radius 1 is 1.21 bits per heavy atom. The minimum Gasteiger partial charge on any atom is -0.492 e. The summed E-state index contributed by atoms with van der Waals surface area (Å²) in [7, 11) is 2.15. The predicted molar refractivity (Wildman–Crippen MR) is 106 cm³/mol. The number of hydrogen-bond donors (Lipinski definition) is 1. The minimum absolute atomic E-state index is 0.0390. The second-order valence-corrected chi connectivity index (χ2v) is 7.47. The molecule has 4 rings (SSSR count). The molecule has 0 bridgehead atoms. The fourth-order valence-electron chi connectivity index (χ4n) is 3.65. The highest BCUT2D eigenvalue weighted by molar-refractivity contribution is 5.85. The van der Waals surface area contributed by atoms with E-state index in [9.17, 15) is 4.79 Å². The molecule has 0 atom stereocenters. The van der Waals surface area contributed by atoms with Gasteiger partial charge in [0.15, 0.2) is 0 Å². The average Bonchev–Trinajstić information content (AvgIpc) is 2.70. The number of ether oxygens (including phenoxy) is 3. The maximum atomic E-state index is 12.3. The van der Waals surface area contributed by atoms with Gasteiger partial charge in [-0.1, -0.05) is 0 Å². The van der Waals surface area contributed by atoms with Gasteiger partial charge in [0, 0.05) is 57.7 Å². The molecule has 0 radical (unpaired) electrons. The van der Waals surface area contributed by atoms with Gasteiger partial charge in [0.2, 0.25) is 0 Å². The van der Waals surface area contributed by atoms with E-state index in [1.807, 2.05) is 12.1 Å². The molecule has 0 unspecified atom stereocenters. The molecule has 2 aromatic rings. The van der Waals surface area contributed by atoms with Crippen LogP contribution in [0.5, 0.6) is 11.5 Å². The fourth-order valence-corrected chi connectivity index (χ4v) is 3.65. The SMILES string of the molecule is CN1CCN(CCOc2cc(OC3CCOCC3)c3c(=O)[nH]cnc3c2)CC1. The van der Waals surface area contributed by atoms with Gasteiger partial charge in [-0.15, -0.1) is 0 Å². The third kappa shape index (κ3) is 4.63. The summed E-state index contributed by atoms with van der Waals surface area (Å²) in [6.07, 6.45) is 3.08. The van der Waals surface area contributed by atoms with Crippen molar-refractivity contribution < 1.29 is 14.2 Å².